The minimum absolute atomic E-state index is 0.0169. The van der Waals surface area contributed by atoms with Crippen LogP contribution in [0, 0.1) is 12.8 Å². The second-order valence-electron chi connectivity index (χ2n) is 9.15. The third-order valence-electron chi connectivity index (χ3n) is 6.51. The standard InChI is InChI=1S/C28H29N5O2/c1-20-8-5-11-22(16-20)17-30-27(34)23-12-7-15-32(19-23)26-28(35)33(18-21-9-3-2-4-10-21)25-24(31-26)13-6-14-29-25/h2-6,8-11,13-14,16,23H,7,12,15,17-19H2,1H3,(H,30,34). The van der Waals surface area contributed by atoms with Gasteiger partial charge in [0.15, 0.2) is 11.5 Å². The van der Waals surface area contributed by atoms with E-state index < -0.39 is 0 Å². The lowest BCUT2D eigenvalue weighted by Crippen LogP contribution is -2.45. The Morgan fingerprint density at radius 1 is 1.06 bits per heavy atom. The van der Waals surface area contributed by atoms with Crippen LogP contribution in [-0.2, 0) is 17.9 Å². The molecule has 3 heterocycles. The highest BCUT2D eigenvalue weighted by molar-refractivity contribution is 5.79. The number of hydrogen-bond donors (Lipinski definition) is 1. The summed E-state index contributed by atoms with van der Waals surface area (Å²) in [5.74, 6) is 0.211. The van der Waals surface area contributed by atoms with Crippen molar-refractivity contribution < 1.29 is 4.79 Å². The van der Waals surface area contributed by atoms with Crippen molar-refractivity contribution in [3.63, 3.8) is 0 Å². The van der Waals surface area contributed by atoms with E-state index in [4.69, 9.17) is 4.98 Å². The Labute approximate surface area is 204 Å². The van der Waals surface area contributed by atoms with Gasteiger partial charge in [0.1, 0.15) is 5.52 Å². The lowest BCUT2D eigenvalue weighted by atomic mass is 9.97. The minimum atomic E-state index is -0.193. The second-order valence-corrected chi connectivity index (χ2v) is 9.15. The van der Waals surface area contributed by atoms with E-state index in [-0.39, 0.29) is 17.4 Å². The number of carbonyl (C=O) groups is 1. The van der Waals surface area contributed by atoms with E-state index in [0.29, 0.717) is 43.2 Å². The summed E-state index contributed by atoms with van der Waals surface area (Å²) in [6.07, 6.45) is 3.30. The van der Waals surface area contributed by atoms with Crippen LogP contribution in [0.3, 0.4) is 0 Å². The average Bonchev–Trinajstić information content (AvgIpc) is 2.89. The van der Waals surface area contributed by atoms with E-state index in [1.807, 2.05) is 72.5 Å². The fourth-order valence-corrected chi connectivity index (χ4v) is 4.72. The largest absolute Gasteiger partial charge is 0.352 e. The van der Waals surface area contributed by atoms with Crippen LogP contribution >= 0.6 is 0 Å². The fourth-order valence-electron chi connectivity index (χ4n) is 4.72. The third-order valence-corrected chi connectivity index (χ3v) is 6.51. The molecule has 0 radical (unpaired) electrons. The molecule has 2 aromatic heterocycles. The first-order valence-corrected chi connectivity index (χ1v) is 12.1. The highest BCUT2D eigenvalue weighted by Crippen LogP contribution is 2.22. The average molecular weight is 468 g/mol. The molecular weight excluding hydrogens is 438 g/mol. The number of piperidine rings is 1. The Balaban J connectivity index is 1.39. The van der Waals surface area contributed by atoms with Gasteiger partial charge in [-0.05, 0) is 43.0 Å². The summed E-state index contributed by atoms with van der Waals surface area (Å²) in [7, 11) is 0. The Bertz CT molecular complexity index is 1400. The normalized spacial score (nSPS) is 15.8. The summed E-state index contributed by atoms with van der Waals surface area (Å²) < 4.78 is 1.69. The molecule has 5 rings (SSSR count). The van der Waals surface area contributed by atoms with Crippen molar-refractivity contribution in [1.29, 1.82) is 0 Å². The van der Waals surface area contributed by atoms with Crippen LogP contribution in [0.2, 0.25) is 0 Å². The number of hydrogen-bond acceptors (Lipinski definition) is 5. The van der Waals surface area contributed by atoms with Gasteiger partial charge >= 0.3 is 0 Å². The van der Waals surface area contributed by atoms with Crippen molar-refractivity contribution in [3.05, 3.63) is 100.0 Å². The van der Waals surface area contributed by atoms with Gasteiger partial charge in [-0.3, -0.25) is 14.2 Å². The first kappa shape index (κ1) is 22.8. The molecule has 0 saturated carbocycles. The number of rotatable bonds is 6. The smallest absolute Gasteiger partial charge is 0.295 e. The maximum atomic E-state index is 13.6. The predicted octanol–water partition coefficient (Wildman–Crippen LogP) is 3.68. The summed E-state index contributed by atoms with van der Waals surface area (Å²) in [6, 6.07) is 21.7. The number of anilines is 1. The Morgan fingerprint density at radius 3 is 2.71 bits per heavy atom. The van der Waals surface area contributed by atoms with E-state index in [1.54, 1.807) is 10.8 Å². The van der Waals surface area contributed by atoms with E-state index in [2.05, 4.69) is 16.4 Å². The van der Waals surface area contributed by atoms with Crippen molar-refractivity contribution >= 4 is 22.9 Å². The number of carbonyl (C=O) groups excluding carboxylic acids is 1. The molecule has 0 spiro atoms. The minimum Gasteiger partial charge on any atom is -0.352 e. The summed E-state index contributed by atoms with van der Waals surface area (Å²) in [4.78, 5) is 37.7. The van der Waals surface area contributed by atoms with Crippen molar-refractivity contribution in [2.75, 3.05) is 18.0 Å². The summed E-state index contributed by atoms with van der Waals surface area (Å²) in [5, 5.41) is 3.08. The van der Waals surface area contributed by atoms with Crippen molar-refractivity contribution in [3.8, 4) is 0 Å². The number of nitrogens with zero attached hydrogens (tertiary/aromatic N) is 4. The molecule has 2 aromatic carbocycles. The van der Waals surface area contributed by atoms with E-state index in [0.717, 1.165) is 24.0 Å². The van der Waals surface area contributed by atoms with Crippen LogP contribution in [0.25, 0.3) is 11.2 Å². The number of fused-ring (bicyclic) bond motifs is 1. The zero-order valence-corrected chi connectivity index (χ0v) is 19.9. The van der Waals surface area contributed by atoms with E-state index >= 15 is 0 Å². The molecule has 1 atom stereocenters. The number of pyridine rings is 1. The van der Waals surface area contributed by atoms with Crippen molar-refractivity contribution in [1.82, 2.24) is 19.9 Å². The molecule has 1 N–H and O–H groups in total. The quantitative estimate of drug-likeness (QED) is 0.468. The molecule has 7 heteroatoms. The van der Waals surface area contributed by atoms with Gasteiger partial charge < -0.3 is 10.2 Å². The van der Waals surface area contributed by atoms with Gasteiger partial charge in [-0.2, -0.15) is 0 Å². The van der Waals surface area contributed by atoms with Gasteiger partial charge in [0.25, 0.3) is 5.56 Å². The molecule has 1 unspecified atom stereocenters. The fraction of sp³-hybridized carbons (Fsp3) is 0.286. The SMILES string of the molecule is Cc1cccc(CNC(=O)C2CCCN(c3nc4cccnc4n(Cc4ccccc4)c3=O)C2)c1. The van der Waals surface area contributed by atoms with Gasteiger partial charge in [0, 0.05) is 25.8 Å². The molecule has 0 bridgehead atoms. The molecule has 178 valence electrons. The highest BCUT2D eigenvalue weighted by atomic mass is 16.2. The number of aromatic nitrogens is 3. The van der Waals surface area contributed by atoms with Crippen LogP contribution in [0.5, 0.6) is 0 Å². The molecule has 0 aliphatic carbocycles. The molecule has 7 nitrogen and oxygen atoms in total. The van der Waals surface area contributed by atoms with Crippen LogP contribution in [-0.4, -0.2) is 33.5 Å². The maximum Gasteiger partial charge on any atom is 0.295 e. The Hall–Kier alpha value is -4.00. The van der Waals surface area contributed by atoms with Gasteiger partial charge in [-0.1, -0.05) is 60.2 Å². The zero-order chi connectivity index (χ0) is 24.2. The monoisotopic (exact) mass is 467 g/mol. The van der Waals surface area contributed by atoms with Crippen molar-refractivity contribution in [2.45, 2.75) is 32.9 Å². The number of aryl methyl sites for hydroxylation is 1. The molecule has 1 fully saturated rings. The predicted molar refractivity (Wildman–Crippen MR) is 137 cm³/mol. The number of benzene rings is 2. The van der Waals surface area contributed by atoms with Gasteiger partial charge in [0.05, 0.1) is 12.5 Å². The first-order valence-electron chi connectivity index (χ1n) is 12.1. The number of amides is 1. The van der Waals surface area contributed by atoms with Crippen molar-refractivity contribution in [2.24, 2.45) is 5.92 Å². The molecule has 1 amide bonds. The first-order chi connectivity index (χ1) is 17.1. The van der Waals surface area contributed by atoms with E-state index in [9.17, 15) is 9.59 Å². The molecule has 1 aliphatic rings. The summed E-state index contributed by atoms with van der Waals surface area (Å²) >= 11 is 0. The topological polar surface area (TPSA) is 80.1 Å². The van der Waals surface area contributed by atoms with Crippen LogP contribution in [0.15, 0.2) is 77.7 Å². The molecular formula is C28H29N5O2. The Morgan fingerprint density at radius 2 is 1.89 bits per heavy atom. The summed E-state index contributed by atoms with van der Waals surface area (Å²) in [6.45, 7) is 4.12. The lowest BCUT2D eigenvalue weighted by molar-refractivity contribution is -0.125. The lowest BCUT2D eigenvalue weighted by Gasteiger charge is -2.32. The third kappa shape index (κ3) is 5.09. The molecule has 1 saturated heterocycles. The van der Waals surface area contributed by atoms with Gasteiger partial charge in [-0.25, -0.2) is 9.97 Å². The Kier molecular flexibility index (Phi) is 6.57. The van der Waals surface area contributed by atoms with Crippen LogP contribution in [0.1, 0.15) is 29.5 Å². The molecule has 4 aromatic rings. The van der Waals surface area contributed by atoms with Gasteiger partial charge in [0.2, 0.25) is 5.91 Å². The van der Waals surface area contributed by atoms with Crippen LogP contribution in [0.4, 0.5) is 5.82 Å². The van der Waals surface area contributed by atoms with E-state index in [1.165, 1.54) is 5.56 Å². The molecule has 1 aliphatic heterocycles. The second kappa shape index (κ2) is 10.1. The maximum absolute atomic E-state index is 13.6. The summed E-state index contributed by atoms with van der Waals surface area (Å²) in [5.41, 5.74) is 4.33. The van der Waals surface area contributed by atoms with Gasteiger partial charge in [-0.15, -0.1) is 0 Å². The zero-order valence-electron chi connectivity index (χ0n) is 19.9. The molecule has 35 heavy (non-hydrogen) atoms. The van der Waals surface area contributed by atoms with Crippen LogP contribution < -0.4 is 15.8 Å². The number of nitrogens with one attached hydrogen (secondary N) is 1. The highest BCUT2D eigenvalue weighted by Gasteiger charge is 2.28.